The molecular weight excluding hydrogens is 192 g/mol. The third-order valence-electron chi connectivity index (χ3n) is 1.70. The van der Waals surface area contributed by atoms with Crippen LogP contribution in [0.2, 0.25) is 5.15 Å². The SMILES string of the molecule is NC1=CNc2nc(=O)cc(Cl)n2C1. The molecule has 0 fully saturated rings. The molecule has 1 aliphatic rings. The summed E-state index contributed by atoms with van der Waals surface area (Å²) >= 11 is 5.81. The maximum atomic E-state index is 10.9. The van der Waals surface area contributed by atoms with Crippen LogP contribution in [0.1, 0.15) is 0 Å². The molecule has 0 unspecified atom stereocenters. The van der Waals surface area contributed by atoms with Crippen molar-refractivity contribution in [3.05, 3.63) is 33.5 Å². The lowest BCUT2D eigenvalue weighted by Gasteiger charge is -2.18. The molecule has 0 saturated carbocycles. The molecule has 0 aliphatic carbocycles. The van der Waals surface area contributed by atoms with Crippen LogP contribution >= 0.6 is 11.6 Å². The van der Waals surface area contributed by atoms with Crippen LogP contribution in [-0.2, 0) is 6.54 Å². The maximum Gasteiger partial charge on any atom is 0.275 e. The van der Waals surface area contributed by atoms with Gasteiger partial charge in [-0.2, -0.15) is 4.98 Å². The zero-order chi connectivity index (χ0) is 9.42. The van der Waals surface area contributed by atoms with Crippen molar-refractivity contribution in [2.45, 2.75) is 6.54 Å². The highest BCUT2D eigenvalue weighted by Gasteiger charge is 2.11. The lowest BCUT2D eigenvalue weighted by molar-refractivity contribution is 0.736. The van der Waals surface area contributed by atoms with Crippen LogP contribution in [0.4, 0.5) is 5.95 Å². The van der Waals surface area contributed by atoms with Gasteiger partial charge in [0.15, 0.2) is 0 Å². The van der Waals surface area contributed by atoms with Crippen molar-refractivity contribution in [1.82, 2.24) is 9.55 Å². The molecule has 13 heavy (non-hydrogen) atoms. The zero-order valence-corrected chi connectivity index (χ0v) is 7.38. The molecule has 0 spiro atoms. The van der Waals surface area contributed by atoms with Crippen LogP contribution in [0, 0.1) is 0 Å². The van der Waals surface area contributed by atoms with Crippen LogP contribution in [0.25, 0.3) is 0 Å². The summed E-state index contributed by atoms with van der Waals surface area (Å²) in [6.07, 6.45) is 1.60. The Balaban J connectivity index is 2.59. The number of nitrogens with zero attached hydrogens (tertiary/aromatic N) is 2. The minimum Gasteiger partial charge on any atom is -0.399 e. The number of nitrogens with two attached hydrogens (primary N) is 1. The van der Waals surface area contributed by atoms with Crippen molar-refractivity contribution >= 4 is 17.5 Å². The van der Waals surface area contributed by atoms with Gasteiger partial charge in [-0.3, -0.25) is 9.36 Å². The Hall–Kier alpha value is -1.49. The second-order valence-electron chi connectivity index (χ2n) is 2.69. The lowest BCUT2D eigenvalue weighted by Crippen LogP contribution is -2.23. The Kier molecular flexibility index (Phi) is 1.73. The Morgan fingerprint density at radius 2 is 2.46 bits per heavy atom. The van der Waals surface area contributed by atoms with Crippen molar-refractivity contribution in [2.24, 2.45) is 5.73 Å². The number of aromatic nitrogens is 2. The number of rotatable bonds is 0. The summed E-state index contributed by atoms with van der Waals surface area (Å²) in [6.45, 7) is 0.453. The number of hydrogen-bond donors (Lipinski definition) is 2. The van der Waals surface area contributed by atoms with Crippen molar-refractivity contribution < 1.29 is 0 Å². The van der Waals surface area contributed by atoms with Crippen molar-refractivity contribution in [2.75, 3.05) is 5.32 Å². The number of anilines is 1. The summed E-state index contributed by atoms with van der Waals surface area (Å²) in [5.41, 5.74) is 5.85. The summed E-state index contributed by atoms with van der Waals surface area (Å²) in [5, 5.41) is 3.11. The van der Waals surface area contributed by atoms with Gasteiger partial charge in [-0.25, -0.2) is 0 Å². The average molecular weight is 199 g/mol. The summed E-state index contributed by atoms with van der Waals surface area (Å²) in [6, 6.07) is 1.26. The maximum absolute atomic E-state index is 10.9. The fourth-order valence-electron chi connectivity index (χ4n) is 1.12. The highest BCUT2D eigenvalue weighted by atomic mass is 35.5. The highest BCUT2D eigenvalue weighted by Crippen LogP contribution is 2.16. The number of allylic oxidation sites excluding steroid dienone is 1. The van der Waals surface area contributed by atoms with Gasteiger partial charge in [0, 0.05) is 18.0 Å². The molecular formula is C7H7ClN4O. The topological polar surface area (TPSA) is 72.9 Å². The van der Waals surface area contributed by atoms with E-state index in [9.17, 15) is 4.79 Å². The smallest absolute Gasteiger partial charge is 0.275 e. The first-order valence-corrected chi connectivity index (χ1v) is 4.03. The van der Waals surface area contributed by atoms with E-state index in [1.54, 1.807) is 10.8 Å². The van der Waals surface area contributed by atoms with Crippen molar-refractivity contribution in [3.8, 4) is 0 Å². The van der Waals surface area contributed by atoms with Gasteiger partial charge in [-0.15, -0.1) is 0 Å². The van der Waals surface area contributed by atoms with E-state index in [2.05, 4.69) is 10.3 Å². The molecule has 0 amide bonds. The summed E-state index contributed by atoms with van der Waals surface area (Å²) in [5.74, 6) is 0.423. The molecule has 6 heteroatoms. The Bertz CT molecular complexity index is 437. The third-order valence-corrected chi connectivity index (χ3v) is 2.01. The molecule has 1 aromatic rings. The van der Waals surface area contributed by atoms with Gasteiger partial charge < -0.3 is 11.1 Å². The number of fused-ring (bicyclic) bond motifs is 1. The molecule has 3 N–H and O–H groups in total. The fraction of sp³-hybridized carbons (Fsp3) is 0.143. The molecule has 1 aromatic heterocycles. The first-order valence-electron chi connectivity index (χ1n) is 3.65. The molecule has 0 aromatic carbocycles. The van der Waals surface area contributed by atoms with Crippen molar-refractivity contribution in [3.63, 3.8) is 0 Å². The molecule has 5 nitrogen and oxygen atoms in total. The molecule has 1 aliphatic heterocycles. The van der Waals surface area contributed by atoms with Gasteiger partial charge in [0.25, 0.3) is 5.56 Å². The highest BCUT2D eigenvalue weighted by molar-refractivity contribution is 6.29. The first-order chi connectivity index (χ1) is 6.16. The van der Waals surface area contributed by atoms with Gasteiger partial charge in [-0.05, 0) is 0 Å². The Morgan fingerprint density at radius 1 is 1.69 bits per heavy atom. The van der Waals surface area contributed by atoms with Crippen LogP contribution in [-0.4, -0.2) is 9.55 Å². The monoisotopic (exact) mass is 198 g/mol. The first kappa shape index (κ1) is 8.12. The number of nitrogens with one attached hydrogen (secondary N) is 1. The zero-order valence-electron chi connectivity index (χ0n) is 6.62. The molecule has 2 rings (SSSR count). The normalized spacial score (nSPS) is 14.4. The van der Waals surface area contributed by atoms with E-state index in [4.69, 9.17) is 17.3 Å². The quantitative estimate of drug-likeness (QED) is 0.581. The minimum atomic E-state index is -0.363. The Morgan fingerprint density at radius 3 is 3.23 bits per heavy atom. The van der Waals surface area contributed by atoms with Crippen molar-refractivity contribution in [1.29, 1.82) is 0 Å². The van der Waals surface area contributed by atoms with E-state index >= 15 is 0 Å². The molecule has 68 valence electrons. The van der Waals surface area contributed by atoms with Gasteiger partial charge in [0.05, 0.1) is 6.54 Å². The van der Waals surface area contributed by atoms with E-state index < -0.39 is 0 Å². The van der Waals surface area contributed by atoms with Crippen LogP contribution in [0.3, 0.4) is 0 Å². The third kappa shape index (κ3) is 1.38. The number of hydrogen-bond acceptors (Lipinski definition) is 4. The van der Waals surface area contributed by atoms with E-state index in [1.807, 2.05) is 0 Å². The van der Waals surface area contributed by atoms with Gasteiger partial charge in [-0.1, -0.05) is 11.6 Å². The van der Waals surface area contributed by atoms with E-state index in [0.717, 1.165) is 0 Å². The average Bonchev–Trinajstić information content (AvgIpc) is 2.06. The second kappa shape index (κ2) is 2.77. The second-order valence-corrected chi connectivity index (χ2v) is 3.08. The standard InChI is InChI=1S/C7H7ClN4O/c8-5-1-6(13)11-7-10-2-4(9)3-12(5)7/h1-2H,3,9H2,(H,10,11,13). The van der Waals surface area contributed by atoms with E-state index in [1.165, 1.54) is 6.07 Å². The molecule has 0 atom stereocenters. The minimum absolute atomic E-state index is 0.332. The molecule has 0 bridgehead atoms. The van der Waals surface area contributed by atoms with Crippen LogP contribution in [0.5, 0.6) is 0 Å². The van der Waals surface area contributed by atoms with Gasteiger partial charge in [0.1, 0.15) is 5.15 Å². The molecule has 2 heterocycles. The van der Waals surface area contributed by atoms with E-state index in [0.29, 0.717) is 23.3 Å². The summed E-state index contributed by atoms with van der Waals surface area (Å²) in [4.78, 5) is 14.7. The predicted molar refractivity (Wildman–Crippen MR) is 49.4 cm³/mol. The van der Waals surface area contributed by atoms with Crippen LogP contribution < -0.4 is 16.6 Å². The van der Waals surface area contributed by atoms with E-state index in [-0.39, 0.29) is 5.56 Å². The van der Waals surface area contributed by atoms with Gasteiger partial charge in [0.2, 0.25) is 5.95 Å². The molecule has 0 saturated heterocycles. The summed E-state index contributed by atoms with van der Waals surface area (Å²) in [7, 11) is 0. The lowest BCUT2D eigenvalue weighted by atomic mass is 10.4. The van der Waals surface area contributed by atoms with Gasteiger partial charge >= 0.3 is 0 Å². The fourth-order valence-corrected chi connectivity index (χ4v) is 1.36. The van der Waals surface area contributed by atoms with Crippen LogP contribution in [0.15, 0.2) is 22.8 Å². The molecule has 0 radical (unpaired) electrons. The predicted octanol–water partition coefficient (Wildman–Crippen LogP) is 0.122. The Labute approximate surface area is 78.8 Å². The summed E-state index contributed by atoms with van der Waals surface area (Å²) < 4.78 is 1.62. The largest absolute Gasteiger partial charge is 0.399 e. The number of halogens is 1.